The molecule has 0 saturated heterocycles. The summed E-state index contributed by atoms with van der Waals surface area (Å²) in [5.74, 6) is 0. The molecule has 0 amide bonds. The maximum absolute atomic E-state index is 6.90. The van der Waals surface area contributed by atoms with E-state index >= 15 is 0 Å². The number of anilines is 3. The number of hydrogen-bond acceptors (Lipinski definition) is 2. The molecule has 11 aromatic rings. The van der Waals surface area contributed by atoms with E-state index in [2.05, 4.69) is 241 Å². The van der Waals surface area contributed by atoms with Crippen molar-refractivity contribution >= 4 is 49.8 Å². The Morgan fingerprint density at radius 2 is 0.869 bits per heavy atom. The number of furan rings is 1. The molecule has 1 aliphatic rings. The van der Waals surface area contributed by atoms with Gasteiger partial charge in [0.05, 0.1) is 16.5 Å². The first-order valence-corrected chi connectivity index (χ1v) is 21.0. The van der Waals surface area contributed by atoms with Crippen molar-refractivity contribution in [1.82, 2.24) is 0 Å². The summed E-state index contributed by atoms with van der Waals surface area (Å²) in [4.78, 5) is 2.46. The van der Waals surface area contributed by atoms with E-state index in [0.717, 1.165) is 55.5 Å². The van der Waals surface area contributed by atoms with Gasteiger partial charge in [-0.3, -0.25) is 0 Å². The van der Waals surface area contributed by atoms with Crippen molar-refractivity contribution in [2.24, 2.45) is 0 Å². The molecule has 1 aromatic heterocycles. The minimum atomic E-state index is -0.546. The topological polar surface area (TPSA) is 16.4 Å². The van der Waals surface area contributed by atoms with Crippen LogP contribution in [0, 0.1) is 0 Å². The van der Waals surface area contributed by atoms with Crippen LogP contribution in [0.5, 0.6) is 0 Å². The summed E-state index contributed by atoms with van der Waals surface area (Å²) in [5, 5.41) is 4.50. The fourth-order valence-corrected chi connectivity index (χ4v) is 9.98. The average Bonchev–Trinajstić information content (AvgIpc) is 3.85. The van der Waals surface area contributed by atoms with Crippen LogP contribution in [0.1, 0.15) is 22.3 Å². The molecule has 0 radical (unpaired) electrons. The molecule has 0 fully saturated rings. The smallest absolute Gasteiger partial charge is 0.138 e. The summed E-state index contributed by atoms with van der Waals surface area (Å²) in [7, 11) is 0. The summed E-state index contributed by atoms with van der Waals surface area (Å²) in [6.45, 7) is 0. The maximum atomic E-state index is 6.90. The van der Waals surface area contributed by atoms with Gasteiger partial charge in [0.25, 0.3) is 0 Å². The molecule has 0 aliphatic heterocycles. The van der Waals surface area contributed by atoms with Crippen molar-refractivity contribution in [2.45, 2.75) is 5.41 Å². The Balaban J connectivity index is 1.18. The van der Waals surface area contributed by atoms with Gasteiger partial charge in [-0.05, 0) is 115 Å². The van der Waals surface area contributed by atoms with E-state index in [-0.39, 0.29) is 0 Å². The van der Waals surface area contributed by atoms with E-state index in [0.29, 0.717) is 0 Å². The van der Waals surface area contributed by atoms with Crippen molar-refractivity contribution < 1.29 is 4.42 Å². The molecule has 286 valence electrons. The zero-order chi connectivity index (χ0) is 40.3. The van der Waals surface area contributed by atoms with Gasteiger partial charge < -0.3 is 9.32 Å². The normalized spacial score (nSPS) is 12.7. The zero-order valence-electron chi connectivity index (χ0n) is 33.4. The summed E-state index contributed by atoms with van der Waals surface area (Å²) < 4.78 is 6.90. The van der Waals surface area contributed by atoms with Crippen LogP contribution >= 0.6 is 0 Å². The predicted molar refractivity (Wildman–Crippen MR) is 254 cm³/mol. The molecule has 0 spiro atoms. The summed E-state index contributed by atoms with van der Waals surface area (Å²) in [5.41, 5.74) is 16.5. The molecule has 1 heterocycles. The Hall–Kier alpha value is -7.94. The fraction of sp³-hybridized carbons (Fsp3) is 0.0169. The van der Waals surface area contributed by atoms with E-state index in [9.17, 15) is 0 Å². The number of nitrogens with zero attached hydrogens (tertiary/aromatic N) is 1. The van der Waals surface area contributed by atoms with Crippen molar-refractivity contribution in [1.29, 1.82) is 0 Å². The first-order chi connectivity index (χ1) is 30.2. The maximum Gasteiger partial charge on any atom is 0.138 e. The lowest BCUT2D eigenvalue weighted by Crippen LogP contribution is -2.28. The van der Waals surface area contributed by atoms with Crippen molar-refractivity contribution in [2.75, 3.05) is 4.90 Å². The predicted octanol–water partition coefficient (Wildman–Crippen LogP) is 15.9. The first kappa shape index (κ1) is 35.0. The van der Waals surface area contributed by atoms with Crippen LogP contribution in [0.2, 0.25) is 0 Å². The first-order valence-electron chi connectivity index (χ1n) is 21.0. The zero-order valence-corrected chi connectivity index (χ0v) is 33.4. The second-order valence-electron chi connectivity index (χ2n) is 16.0. The lowest BCUT2D eigenvalue weighted by Gasteiger charge is -2.35. The van der Waals surface area contributed by atoms with E-state index in [1.54, 1.807) is 0 Å². The number of rotatable bonds is 7. The number of fused-ring (bicyclic) bond motifs is 7. The molecule has 0 bridgehead atoms. The quantitative estimate of drug-likeness (QED) is 0.160. The van der Waals surface area contributed by atoms with Gasteiger partial charge in [0.15, 0.2) is 0 Å². The van der Waals surface area contributed by atoms with Crippen LogP contribution in [-0.2, 0) is 5.41 Å². The minimum absolute atomic E-state index is 0.546. The van der Waals surface area contributed by atoms with Gasteiger partial charge in [0.1, 0.15) is 11.2 Å². The molecule has 12 rings (SSSR count). The van der Waals surface area contributed by atoms with Crippen LogP contribution < -0.4 is 4.90 Å². The lowest BCUT2D eigenvalue weighted by atomic mass is 9.67. The van der Waals surface area contributed by atoms with Crippen molar-refractivity contribution in [3.63, 3.8) is 0 Å². The Kier molecular flexibility index (Phi) is 8.11. The third kappa shape index (κ3) is 5.57. The third-order valence-electron chi connectivity index (χ3n) is 12.7. The Bertz CT molecular complexity index is 3350. The van der Waals surface area contributed by atoms with Gasteiger partial charge in [-0.1, -0.05) is 188 Å². The second kappa shape index (κ2) is 14.1. The van der Waals surface area contributed by atoms with E-state index in [1.165, 1.54) is 49.9 Å². The molecule has 61 heavy (non-hydrogen) atoms. The molecule has 0 unspecified atom stereocenters. The number of benzene rings is 10. The van der Waals surface area contributed by atoms with Gasteiger partial charge in [-0.25, -0.2) is 0 Å². The minimum Gasteiger partial charge on any atom is -0.456 e. The van der Waals surface area contributed by atoms with Crippen molar-refractivity contribution in [3.8, 4) is 33.4 Å². The molecule has 2 heteroatoms. The standard InChI is InChI=1S/C59H39NO/c1-5-17-40(18-6-1)42-29-31-48(32-30-42)60(55-36-45(41-19-7-2-8-20-41)38-57-58(55)52-35-43-21-13-14-22-44(43)37-56(52)61-57)49-33-34-51-50-27-15-16-28-53(50)59(54(51)39-49,46-23-9-3-10-24-46)47-25-11-4-12-26-47/h1-39H. The fourth-order valence-electron chi connectivity index (χ4n) is 9.98. The highest BCUT2D eigenvalue weighted by Gasteiger charge is 2.46. The molecule has 0 N–H and O–H groups in total. The van der Waals surface area contributed by atoms with Gasteiger partial charge >= 0.3 is 0 Å². The van der Waals surface area contributed by atoms with Gasteiger partial charge in [0.2, 0.25) is 0 Å². The Morgan fingerprint density at radius 1 is 0.344 bits per heavy atom. The monoisotopic (exact) mass is 777 g/mol. The highest BCUT2D eigenvalue weighted by atomic mass is 16.3. The third-order valence-corrected chi connectivity index (χ3v) is 12.7. The SMILES string of the molecule is c1ccc(-c2ccc(N(c3ccc4c(c3)C(c3ccccc3)(c3ccccc3)c3ccccc3-4)c3cc(-c4ccccc4)cc4oc5cc6ccccc6cc5c34)cc2)cc1. The molecule has 2 nitrogen and oxygen atoms in total. The summed E-state index contributed by atoms with van der Waals surface area (Å²) >= 11 is 0. The molecule has 0 saturated carbocycles. The summed E-state index contributed by atoms with van der Waals surface area (Å²) in [6, 6.07) is 86.1. The Morgan fingerprint density at radius 3 is 1.54 bits per heavy atom. The lowest BCUT2D eigenvalue weighted by molar-refractivity contribution is 0.669. The molecular formula is C59H39NO. The van der Waals surface area contributed by atoms with Crippen molar-refractivity contribution in [3.05, 3.63) is 259 Å². The highest BCUT2D eigenvalue weighted by Crippen LogP contribution is 2.57. The van der Waals surface area contributed by atoms with Crippen LogP contribution in [0.15, 0.2) is 241 Å². The van der Waals surface area contributed by atoms with E-state index < -0.39 is 5.41 Å². The van der Waals surface area contributed by atoms with E-state index in [1.807, 2.05) is 0 Å². The molecule has 1 aliphatic carbocycles. The van der Waals surface area contributed by atoms with Gasteiger partial charge in [0, 0.05) is 16.8 Å². The molecular weight excluding hydrogens is 739 g/mol. The summed E-state index contributed by atoms with van der Waals surface area (Å²) in [6.07, 6.45) is 0. The van der Waals surface area contributed by atoms with Crippen LogP contribution in [0.25, 0.3) is 66.1 Å². The van der Waals surface area contributed by atoms with Gasteiger partial charge in [-0.15, -0.1) is 0 Å². The van der Waals surface area contributed by atoms with Gasteiger partial charge in [-0.2, -0.15) is 0 Å². The second-order valence-corrected chi connectivity index (χ2v) is 16.0. The van der Waals surface area contributed by atoms with Crippen LogP contribution in [0.3, 0.4) is 0 Å². The largest absolute Gasteiger partial charge is 0.456 e. The average molecular weight is 778 g/mol. The highest BCUT2D eigenvalue weighted by molar-refractivity contribution is 6.17. The number of hydrogen-bond donors (Lipinski definition) is 0. The molecule has 0 atom stereocenters. The molecule has 10 aromatic carbocycles. The van der Waals surface area contributed by atoms with Crippen LogP contribution in [0.4, 0.5) is 17.1 Å². The van der Waals surface area contributed by atoms with E-state index in [4.69, 9.17) is 4.42 Å². The Labute approximate surface area is 355 Å². The van der Waals surface area contributed by atoms with Crippen LogP contribution in [-0.4, -0.2) is 0 Å².